The number of carboxylic acid groups (broad SMARTS) is 1. The minimum atomic E-state index is -0.955. The topological polar surface area (TPSA) is 89.3 Å². The molecule has 4 nitrogen and oxygen atoms in total. The first-order chi connectivity index (χ1) is 4.18. The van der Waals surface area contributed by atoms with Crippen LogP contribution in [0.2, 0.25) is 0 Å². The Kier molecular flexibility index (Phi) is 4.00. The summed E-state index contributed by atoms with van der Waals surface area (Å²) < 4.78 is 0. The van der Waals surface area contributed by atoms with Crippen molar-refractivity contribution in [1.82, 2.24) is 0 Å². The summed E-state index contributed by atoms with van der Waals surface area (Å²) in [4.78, 5) is 10.0. The maximum atomic E-state index is 10.0. The third-order valence-corrected chi connectivity index (χ3v) is 1.04. The van der Waals surface area contributed by atoms with E-state index in [1.54, 1.807) is 0 Å². The highest BCUT2D eigenvalue weighted by atomic mass is 16.4. The van der Waals surface area contributed by atoms with Gasteiger partial charge in [0.25, 0.3) is 0 Å². The van der Waals surface area contributed by atoms with Crippen molar-refractivity contribution in [1.29, 1.82) is 0 Å². The van der Waals surface area contributed by atoms with Crippen LogP contribution in [-0.4, -0.2) is 23.7 Å². The van der Waals surface area contributed by atoms with Gasteiger partial charge in [-0.05, 0) is 19.4 Å². The van der Waals surface area contributed by atoms with Crippen LogP contribution in [0.3, 0.4) is 0 Å². The van der Waals surface area contributed by atoms with Crippen molar-refractivity contribution in [2.45, 2.75) is 18.9 Å². The summed E-state index contributed by atoms with van der Waals surface area (Å²) in [5.74, 6) is -0.955. The molecule has 0 saturated carbocycles. The number of carbonyl (C=O) groups is 1. The highest BCUT2D eigenvalue weighted by molar-refractivity contribution is 5.72. The molecule has 0 unspecified atom stereocenters. The molecule has 4 heteroatoms. The molecule has 0 aromatic rings. The minimum absolute atomic E-state index is 0.464. The number of aliphatic carboxylic acids is 1. The van der Waals surface area contributed by atoms with Gasteiger partial charge in [-0.2, -0.15) is 0 Å². The molecule has 0 aliphatic carbocycles. The highest BCUT2D eigenvalue weighted by Crippen LogP contribution is 1.91. The Morgan fingerprint density at radius 1 is 1.67 bits per heavy atom. The van der Waals surface area contributed by atoms with Gasteiger partial charge in [0.2, 0.25) is 0 Å². The molecule has 0 aromatic heterocycles. The van der Waals surface area contributed by atoms with Crippen molar-refractivity contribution >= 4 is 5.97 Å². The lowest BCUT2D eigenvalue weighted by molar-refractivity contribution is -0.138. The Morgan fingerprint density at radius 3 is 2.56 bits per heavy atom. The molecule has 0 aliphatic heterocycles. The maximum absolute atomic E-state index is 10.0. The molecule has 0 aliphatic rings. The lowest BCUT2D eigenvalue weighted by Gasteiger charge is -2.02. The molecule has 1 atom stereocenters. The Hall–Kier alpha value is -0.610. The molecule has 0 spiro atoms. The van der Waals surface area contributed by atoms with Crippen LogP contribution < -0.4 is 11.5 Å². The van der Waals surface area contributed by atoms with Crippen LogP contribution in [0.5, 0.6) is 0 Å². The summed E-state index contributed by atoms with van der Waals surface area (Å²) in [6.45, 7) is 0.501. The van der Waals surface area contributed by atoms with Crippen molar-refractivity contribution in [2.75, 3.05) is 6.54 Å². The summed E-state index contributed by atoms with van der Waals surface area (Å²) in [7, 11) is 0. The smallest absolute Gasteiger partial charge is 0.320 e. The van der Waals surface area contributed by atoms with E-state index in [-0.39, 0.29) is 0 Å². The molecule has 0 heterocycles. The molecule has 0 rings (SSSR count). The van der Waals surface area contributed by atoms with E-state index in [1.807, 2.05) is 0 Å². The Bertz CT molecular complexity index is 95.0. The van der Waals surface area contributed by atoms with Gasteiger partial charge in [0.05, 0.1) is 0 Å². The van der Waals surface area contributed by atoms with Gasteiger partial charge < -0.3 is 16.6 Å². The molecule has 0 fully saturated rings. The summed E-state index contributed by atoms with van der Waals surface area (Å²) in [5, 5.41) is 8.24. The second-order valence-corrected chi connectivity index (χ2v) is 1.88. The molecule has 9 heavy (non-hydrogen) atoms. The van der Waals surface area contributed by atoms with Crippen LogP contribution in [0.4, 0.5) is 0 Å². The first-order valence-corrected chi connectivity index (χ1v) is 2.87. The van der Waals surface area contributed by atoms with Gasteiger partial charge in [0.15, 0.2) is 0 Å². The fourth-order valence-corrected chi connectivity index (χ4v) is 0.461. The lowest BCUT2D eigenvalue weighted by Crippen LogP contribution is -2.30. The number of rotatable bonds is 4. The van der Waals surface area contributed by atoms with Gasteiger partial charge in [-0.25, -0.2) is 0 Å². The van der Waals surface area contributed by atoms with Crippen LogP contribution in [0.15, 0.2) is 0 Å². The number of carboxylic acids is 1. The van der Waals surface area contributed by atoms with Crippen molar-refractivity contribution in [3.8, 4) is 0 Å². The monoisotopic (exact) mass is 133 g/mol. The predicted octanol–water partition coefficient (Wildman–Crippen LogP) is -0.863. The summed E-state index contributed by atoms with van der Waals surface area (Å²) in [6, 6.07) is -0.742. The van der Waals surface area contributed by atoms with Crippen molar-refractivity contribution < 1.29 is 9.90 Å². The standard InChI is InChI=1S/C5H12N2O2/c6-3-1-2-4(7)5(8)9/h4H,1-3,6-7H2,(H,8,9)/t4-/m0/s1/i4+1. The van der Waals surface area contributed by atoms with Crippen LogP contribution in [0, 0.1) is 0 Å². The number of nitrogens with two attached hydrogens (primary N) is 2. The zero-order valence-electron chi connectivity index (χ0n) is 5.21. The van der Waals surface area contributed by atoms with Gasteiger partial charge in [0, 0.05) is 0 Å². The maximum Gasteiger partial charge on any atom is 0.320 e. The highest BCUT2D eigenvalue weighted by Gasteiger charge is 2.08. The second-order valence-electron chi connectivity index (χ2n) is 1.88. The Morgan fingerprint density at radius 2 is 2.22 bits per heavy atom. The predicted molar refractivity (Wildman–Crippen MR) is 33.9 cm³/mol. The average molecular weight is 133 g/mol. The lowest BCUT2D eigenvalue weighted by atomic mass is 10.3. The molecule has 0 amide bonds. The van der Waals surface area contributed by atoms with Crippen LogP contribution in [0.25, 0.3) is 0 Å². The third-order valence-electron chi connectivity index (χ3n) is 1.04. The molecule has 0 saturated heterocycles. The molecule has 0 bridgehead atoms. The van der Waals surface area contributed by atoms with Crippen molar-refractivity contribution in [3.63, 3.8) is 0 Å². The molecular formula is C5H12N2O2. The van der Waals surface area contributed by atoms with E-state index in [9.17, 15) is 4.79 Å². The number of hydrogen-bond acceptors (Lipinski definition) is 3. The molecule has 0 radical (unpaired) electrons. The zero-order chi connectivity index (χ0) is 7.28. The minimum Gasteiger partial charge on any atom is -0.480 e. The van der Waals surface area contributed by atoms with E-state index in [1.165, 1.54) is 0 Å². The number of hydrogen-bond donors (Lipinski definition) is 3. The van der Waals surface area contributed by atoms with Gasteiger partial charge >= 0.3 is 5.97 Å². The third kappa shape index (κ3) is 3.93. The summed E-state index contributed by atoms with van der Waals surface area (Å²) in [5.41, 5.74) is 10.3. The van der Waals surface area contributed by atoms with E-state index in [2.05, 4.69) is 0 Å². The first-order valence-electron chi connectivity index (χ1n) is 2.87. The summed E-state index contributed by atoms with van der Waals surface area (Å²) >= 11 is 0. The Labute approximate surface area is 53.8 Å². The largest absolute Gasteiger partial charge is 0.480 e. The van der Waals surface area contributed by atoms with Gasteiger partial charge in [0.1, 0.15) is 6.04 Å². The van der Waals surface area contributed by atoms with E-state index in [0.717, 1.165) is 0 Å². The second kappa shape index (κ2) is 4.29. The van der Waals surface area contributed by atoms with Crippen molar-refractivity contribution in [2.24, 2.45) is 11.5 Å². The summed E-state index contributed by atoms with van der Waals surface area (Å²) in [6.07, 6.45) is 1.14. The van der Waals surface area contributed by atoms with E-state index >= 15 is 0 Å². The average Bonchev–Trinajstić information content (AvgIpc) is 1.82. The normalized spacial score (nSPS) is 13.1. The van der Waals surface area contributed by atoms with E-state index in [0.29, 0.717) is 19.4 Å². The van der Waals surface area contributed by atoms with E-state index in [4.69, 9.17) is 16.6 Å². The van der Waals surface area contributed by atoms with Crippen LogP contribution in [-0.2, 0) is 4.79 Å². The fraction of sp³-hybridized carbons (Fsp3) is 0.800. The first kappa shape index (κ1) is 8.39. The SMILES string of the molecule is NCCC[13C@H](N)C(=O)O. The van der Waals surface area contributed by atoms with Crippen LogP contribution >= 0.6 is 0 Å². The van der Waals surface area contributed by atoms with E-state index < -0.39 is 12.0 Å². The van der Waals surface area contributed by atoms with Gasteiger partial charge in [-0.1, -0.05) is 0 Å². The van der Waals surface area contributed by atoms with Gasteiger partial charge in [-0.15, -0.1) is 0 Å². The molecule has 0 aromatic carbocycles. The Balaban J connectivity index is 3.27. The van der Waals surface area contributed by atoms with Crippen LogP contribution in [0.1, 0.15) is 12.8 Å². The van der Waals surface area contributed by atoms with Crippen molar-refractivity contribution in [3.05, 3.63) is 0 Å². The molecular weight excluding hydrogens is 121 g/mol. The zero-order valence-corrected chi connectivity index (χ0v) is 5.21. The fourth-order valence-electron chi connectivity index (χ4n) is 0.461. The quantitative estimate of drug-likeness (QED) is 0.435. The molecule has 54 valence electrons. The van der Waals surface area contributed by atoms with Gasteiger partial charge in [-0.3, -0.25) is 4.79 Å². The molecule has 5 N–H and O–H groups in total.